The second kappa shape index (κ2) is 11.2. The minimum atomic E-state index is -1.03. The van der Waals surface area contributed by atoms with Crippen LogP contribution < -0.4 is 21.5 Å². The van der Waals surface area contributed by atoms with Crippen LogP contribution in [0.2, 0.25) is 0 Å². The number of benzene rings is 2. The standard InChI is InChI=1S/C28H22F2N6O4/c29-21-5-3-16(12-22(21)30)15-36-11-1-2-18(28(36)40)26(38)33-8-7-25(37)34-17-4-6-23-19(13-17)20(27(39)35-23)14-24-31-9-10-32-24/h1-6,9-14H,7-8,15H2,(H,31,32)(H,33,38)(H,34,37)(H,35,39)/b20-14+. The molecule has 1 aliphatic rings. The molecule has 0 unspecified atom stereocenters. The normalized spacial score (nSPS) is 13.2. The summed E-state index contributed by atoms with van der Waals surface area (Å²) in [6.07, 6.45) is 6.17. The fraction of sp³-hybridized carbons (Fsp3) is 0.107. The molecule has 5 rings (SSSR count). The van der Waals surface area contributed by atoms with E-state index < -0.39 is 29.0 Å². The fourth-order valence-corrected chi connectivity index (χ4v) is 4.18. The molecule has 40 heavy (non-hydrogen) atoms. The van der Waals surface area contributed by atoms with Crippen molar-refractivity contribution in [2.45, 2.75) is 13.0 Å². The van der Waals surface area contributed by atoms with Gasteiger partial charge in [0.15, 0.2) is 11.6 Å². The summed E-state index contributed by atoms with van der Waals surface area (Å²) in [6.45, 7) is -0.101. The number of amides is 3. The molecular weight excluding hydrogens is 522 g/mol. The van der Waals surface area contributed by atoms with Crippen LogP contribution in [0, 0.1) is 11.6 Å². The van der Waals surface area contributed by atoms with Crippen molar-refractivity contribution in [1.82, 2.24) is 19.9 Å². The molecular formula is C28H22F2N6O4. The summed E-state index contributed by atoms with van der Waals surface area (Å²) in [5, 5.41) is 8.04. The van der Waals surface area contributed by atoms with Gasteiger partial charge in [-0.3, -0.25) is 19.2 Å². The van der Waals surface area contributed by atoms with Gasteiger partial charge >= 0.3 is 0 Å². The van der Waals surface area contributed by atoms with Crippen LogP contribution in [-0.2, 0) is 16.1 Å². The predicted octanol–water partition coefficient (Wildman–Crippen LogP) is 3.15. The highest BCUT2D eigenvalue weighted by Gasteiger charge is 2.25. The molecule has 0 saturated heterocycles. The number of hydrogen-bond acceptors (Lipinski definition) is 5. The lowest BCUT2D eigenvalue weighted by atomic mass is 10.1. The number of hydrogen-bond donors (Lipinski definition) is 4. The number of pyridine rings is 1. The molecule has 4 N–H and O–H groups in total. The zero-order valence-electron chi connectivity index (χ0n) is 20.8. The molecule has 0 spiro atoms. The Kier molecular flexibility index (Phi) is 7.31. The van der Waals surface area contributed by atoms with E-state index in [9.17, 15) is 28.0 Å². The van der Waals surface area contributed by atoms with E-state index in [1.165, 1.54) is 29.0 Å². The highest BCUT2D eigenvalue weighted by Crippen LogP contribution is 2.34. The van der Waals surface area contributed by atoms with E-state index in [1.807, 2.05) is 0 Å². The van der Waals surface area contributed by atoms with Crippen molar-refractivity contribution in [3.8, 4) is 0 Å². The SMILES string of the molecule is O=C(CCNC(=O)c1cccn(Cc2ccc(F)c(F)c2)c1=O)Nc1ccc2c(c1)/C(=C\c1ncc[nH]1)C(=O)N2. The van der Waals surface area contributed by atoms with Crippen LogP contribution in [-0.4, -0.2) is 38.8 Å². The van der Waals surface area contributed by atoms with E-state index in [0.29, 0.717) is 33.9 Å². The van der Waals surface area contributed by atoms with Gasteiger partial charge in [-0.2, -0.15) is 0 Å². The lowest BCUT2D eigenvalue weighted by Gasteiger charge is -2.10. The minimum absolute atomic E-state index is 0.0448. The smallest absolute Gasteiger partial charge is 0.263 e. The van der Waals surface area contributed by atoms with Crippen LogP contribution >= 0.6 is 0 Å². The topological polar surface area (TPSA) is 138 Å². The van der Waals surface area contributed by atoms with Gasteiger partial charge in [0.25, 0.3) is 17.4 Å². The molecule has 0 radical (unpaired) electrons. The number of aromatic nitrogens is 3. The Hall–Kier alpha value is -5.39. The summed E-state index contributed by atoms with van der Waals surface area (Å²) in [6, 6.07) is 11.1. The van der Waals surface area contributed by atoms with Crippen LogP contribution in [0.15, 0.2) is 71.9 Å². The maximum atomic E-state index is 13.5. The van der Waals surface area contributed by atoms with Crippen LogP contribution in [0.5, 0.6) is 0 Å². The first-order valence-electron chi connectivity index (χ1n) is 12.2. The van der Waals surface area contributed by atoms with Crippen LogP contribution in [0.25, 0.3) is 11.6 Å². The van der Waals surface area contributed by atoms with E-state index >= 15 is 0 Å². The van der Waals surface area contributed by atoms with Gasteiger partial charge < -0.3 is 25.5 Å². The number of anilines is 2. The van der Waals surface area contributed by atoms with E-state index in [-0.39, 0.29) is 31.0 Å². The molecule has 0 bridgehead atoms. The average molecular weight is 545 g/mol. The second-order valence-electron chi connectivity index (χ2n) is 8.90. The monoisotopic (exact) mass is 544 g/mol. The molecule has 10 nitrogen and oxygen atoms in total. The number of halogens is 2. The van der Waals surface area contributed by atoms with Crippen LogP contribution in [0.4, 0.5) is 20.2 Å². The molecule has 0 aliphatic carbocycles. The second-order valence-corrected chi connectivity index (χ2v) is 8.90. The van der Waals surface area contributed by atoms with Crippen LogP contribution in [0.1, 0.15) is 33.7 Å². The Morgan fingerprint density at radius 1 is 1.05 bits per heavy atom. The van der Waals surface area contributed by atoms with Crippen molar-refractivity contribution in [3.63, 3.8) is 0 Å². The summed E-state index contributed by atoms with van der Waals surface area (Å²) < 4.78 is 27.9. The first kappa shape index (κ1) is 26.2. The first-order valence-corrected chi connectivity index (χ1v) is 12.2. The average Bonchev–Trinajstić information content (AvgIpc) is 3.55. The molecule has 3 amide bonds. The van der Waals surface area contributed by atoms with Crippen molar-refractivity contribution in [3.05, 3.63) is 112 Å². The summed E-state index contributed by atoms with van der Waals surface area (Å²) in [5.41, 5.74) is 1.64. The van der Waals surface area contributed by atoms with E-state index in [2.05, 4.69) is 25.9 Å². The zero-order valence-corrected chi connectivity index (χ0v) is 20.8. The number of nitrogens with one attached hydrogen (secondary N) is 4. The molecule has 3 heterocycles. The molecule has 2 aromatic carbocycles. The van der Waals surface area contributed by atoms with Gasteiger partial charge in [0.2, 0.25) is 5.91 Å². The maximum absolute atomic E-state index is 13.5. The van der Waals surface area contributed by atoms with Gasteiger partial charge in [-0.05, 0) is 54.1 Å². The lowest BCUT2D eigenvalue weighted by molar-refractivity contribution is -0.116. The van der Waals surface area contributed by atoms with E-state index in [0.717, 1.165) is 12.1 Å². The van der Waals surface area contributed by atoms with E-state index in [1.54, 1.807) is 36.7 Å². The van der Waals surface area contributed by atoms with Crippen molar-refractivity contribution < 1.29 is 23.2 Å². The van der Waals surface area contributed by atoms with Gasteiger partial charge in [-0.15, -0.1) is 0 Å². The summed E-state index contributed by atoms with van der Waals surface area (Å²) in [7, 11) is 0. The Bertz CT molecular complexity index is 1710. The highest BCUT2D eigenvalue weighted by atomic mass is 19.2. The van der Waals surface area contributed by atoms with Crippen LogP contribution in [0.3, 0.4) is 0 Å². The molecule has 0 fully saturated rings. The third-order valence-corrected chi connectivity index (χ3v) is 6.13. The largest absolute Gasteiger partial charge is 0.351 e. The fourth-order valence-electron chi connectivity index (χ4n) is 4.18. The van der Waals surface area contributed by atoms with Gasteiger partial charge in [-0.1, -0.05) is 6.07 Å². The number of H-pyrrole nitrogens is 1. The zero-order chi connectivity index (χ0) is 28.2. The number of carbonyl (C=O) groups is 3. The van der Waals surface area contributed by atoms with Crippen molar-refractivity contribution in [2.75, 3.05) is 17.2 Å². The number of aromatic amines is 1. The number of carbonyl (C=O) groups excluding carboxylic acids is 3. The number of nitrogens with zero attached hydrogens (tertiary/aromatic N) is 2. The Morgan fingerprint density at radius 2 is 1.90 bits per heavy atom. The predicted molar refractivity (Wildman–Crippen MR) is 143 cm³/mol. The van der Waals surface area contributed by atoms with Gasteiger partial charge in [0.05, 0.1) is 12.1 Å². The molecule has 0 saturated carbocycles. The minimum Gasteiger partial charge on any atom is -0.351 e. The van der Waals surface area contributed by atoms with Crippen molar-refractivity contribution in [2.24, 2.45) is 0 Å². The number of fused-ring (bicyclic) bond motifs is 1. The Balaban J connectivity index is 1.18. The third-order valence-electron chi connectivity index (χ3n) is 6.13. The lowest BCUT2D eigenvalue weighted by Crippen LogP contribution is -2.34. The summed E-state index contributed by atoms with van der Waals surface area (Å²) >= 11 is 0. The van der Waals surface area contributed by atoms with Gasteiger partial charge in [0, 0.05) is 48.5 Å². The molecule has 202 valence electrons. The summed E-state index contributed by atoms with van der Waals surface area (Å²) in [5.74, 6) is -2.87. The van der Waals surface area contributed by atoms with Gasteiger partial charge in [0.1, 0.15) is 11.4 Å². The molecule has 0 atom stereocenters. The number of rotatable bonds is 8. The first-order chi connectivity index (χ1) is 19.3. The molecule has 2 aromatic heterocycles. The Labute approximate surface area is 225 Å². The third kappa shape index (κ3) is 5.70. The van der Waals surface area contributed by atoms with Crippen molar-refractivity contribution >= 4 is 40.7 Å². The highest BCUT2D eigenvalue weighted by molar-refractivity contribution is 6.35. The quantitative estimate of drug-likeness (QED) is 0.253. The number of imidazole rings is 1. The molecule has 12 heteroatoms. The van der Waals surface area contributed by atoms with E-state index in [4.69, 9.17) is 0 Å². The maximum Gasteiger partial charge on any atom is 0.263 e. The molecule has 4 aromatic rings. The van der Waals surface area contributed by atoms with Gasteiger partial charge in [-0.25, -0.2) is 13.8 Å². The summed E-state index contributed by atoms with van der Waals surface area (Å²) in [4.78, 5) is 57.3. The van der Waals surface area contributed by atoms with Crippen molar-refractivity contribution in [1.29, 1.82) is 0 Å². The molecule has 1 aliphatic heterocycles. The Morgan fingerprint density at radius 3 is 2.67 bits per heavy atom.